The Morgan fingerprint density at radius 3 is 2.61 bits per heavy atom. The number of carboxylic acids is 1. The minimum atomic E-state index is -1.05. The number of carboxylic acid groups (broad SMARTS) is 1. The summed E-state index contributed by atoms with van der Waals surface area (Å²) in [6.07, 6.45) is 0. The summed E-state index contributed by atoms with van der Waals surface area (Å²) in [5, 5.41) is 16.4. The van der Waals surface area contributed by atoms with Gasteiger partial charge in [0.05, 0.1) is 16.1 Å². The lowest BCUT2D eigenvalue weighted by atomic mass is 9.94. The van der Waals surface area contributed by atoms with Gasteiger partial charge in [-0.15, -0.1) is 0 Å². The van der Waals surface area contributed by atoms with Crippen molar-refractivity contribution in [3.8, 4) is 5.69 Å². The Balaban J connectivity index is 2.20. The van der Waals surface area contributed by atoms with Gasteiger partial charge in [-0.25, -0.2) is 4.68 Å². The number of nitrogens with zero attached hydrogens (tertiary/aromatic N) is 2. The number of aryl methyl sites for hydroxylation is 1. The highest BCUT2D eigenvalue weighted by Crippen LogP contribution is 2.21. The van der Waals surface area contributed by atoms with E-state index in [1.54, 1.807) is 36.7 Å². The minimum Gasteiger partial charge on any atom is -0.481 e. The zero-order valence-corrected chi connectivity index (χ0v) is 13.9. The lowest BCUT2D eigenvalue weighted by Gasteiger charge is -2.18. The van der Waals surface area contributed by atoms with Crippen molar-refractivity contribution >= 4 is 23.5 Å². The van der Waals surface area contributed by atoms with E-state index in [1.165, 1.54) is 0 Å². The summed E-state index contributed by atoms with van der Waals surface area (Å²) < 4.78 is 1.58. The summed E-state index contributed by atoms with van der Waals surface area (Å²) in [5.74, 6) is -1.40. The average Bonchev–Trinajstić information content (AvgIpc) is 2.87. The van der Waals surface area contributed by atoms with Crippen molar-refractivity contribution in [3.05, 3.63) is 46.7 Å². The van der Waals surface area contributed by atoms with E-state index in [9.17, 15) is 9.59 Å². The van der Waals surface area contributed by atoms with Crippen molar-refractivity contribution in [1.29, 1.82) is 0 Å². The summed E-state index contributed by atoms with van der Waals surface area (Å²) >= 11 is 6.15. The normalized spacial score (nSPS) is 11.3. The number of hydrogen-bond acceptors (Lipinski definition) is 3. The Morgan fingerprint density at radius 2 is 2.00 bits per heavy atom. The zero-order valence-electron chi connectivity index (χ0n) is 13.1. The van der Waals surface area contributed by atoms with Crippen LogP contribution in [0.5, 0.6) is 0 Å². The maximum Gasteiger partial charge on any atom is 0.310 e. The molecule has 0 radical (unpaired) electrons. The minimum absolute atomic E-state index is 0.0131. The molecule has 2 N–H and O–H groups in total. The van der Waals surface area contributed by atoms with Crippen LogP contribution >= 0.6 is 11.6 Å². The SMILES string of the molecule is Cc1cc(C(=O)NCC(C)(C)C(=O)O)nn1-c1ccccc1Cl. The van der Waals surface area contributed by atoms with E-state index < -0.39 is 17.3 Å². The highest BCUT2D eigenvalue weighted by Gasteiger charge is 2.28. The van der Waals surface area contributed by atoms with Crippen LogP contribution in [0.4, 0.5) is 0 Å². The first-order valence-corrected chi connectivity index (χ1v) is 7.43. The third-order valence-electron chi connectivity index (χ3n) is 3.47. The molecule has 23 heavy (non-hydrogen) atoms. The molecule has 1 amide bonds. The molecule has 122 valence electrons. The molecule has 7 heteroatoms. The predicted molar refractivity (Wildman–Crippen MR) is 87.1 cm³/mol. The zero-order chi connectivity index (χ0) is 17.2. The highest BCUT2D eigenvalue weighted by atomic mass is 35.5. The van der Waals surface area contributed by atoms with Crippen LogP contribution in [0.1, 0.15) is 30.0 Å². The van der Waals surface area contributed by atoms with Crippen LogP contribution in [0.15, 0.2) is 30.3 Å². The summed E-state index contributed by atoms with van der Waals surface area (Å²) in [5.41, 5.74) is 0.594. The topological polar surface area (TPSA) is 84.2 Å². The van der Waals surface area contributed by atoms with E-state index in [-0.39, 0.29) is 12.2 Å². The molecule has 0 aliphatic heterocycles. The number of halogens is 1. The molecule has 2 rings (SSSR count). The number of aromatic nitrogens is 2. The fourth-order valence-electron chi connectivity index (χ4n) is 1.92. The van der Waals surface area contributed by atoms with Crippen LogP contribution in [0.2, 0.25) is 5.02 Å². The fourth-order valence-corrected chi connectivity index (χ4v) is 2.14. The van der Waals surface area contributed by atoms with Gasteiger partial charge in [-0.2, -0.15) is 5.10 Å². The third kappa shape index (κ3) is 3.71. The summed E-state index contributed by atoms with van der Waals surface area (Å²) in [7, 11) is 0. The number of carbonyl (C=O) groups excluding carboxylic acids is 1. The second kappa shape index (κ2) is 6.42. The molecule has 0 atom stereocenters. The van der Waals surface area contributed by atoms with E-state index in [2.05, 4.69) is 10.4 Å². The van der Waals surface area contributed by atoms with Gasteiger partial charge in [0, 0.05) is 12.2 Å². The molecule has 0 saturated carbocycles. The predicted octanol–water partition coefficient (Wildman–Crippen LogP) is 2.67. The fraction of sp³-hybridized carbons (Fsp3) is 0.312. The third-order valence-corrected chi connectivity index (χ3v) is 3.79. The van der Waals surface area contributed by atoms with E-state index in [4.69, 9.17) is 16.7 Å². The molecule has 1 aromatic heterocycles. The number of rotatable bonds is 5. The number of para-hydroxylation sites is 1. The van der Waals surface area contributed by atoms with Gasteiger partial charge in [-0.1, -0.05) is 23.7 Å². The smallest absolute Gasteiger partial charge is 0.310 e. The molecule has 1 heterocycles. The molecule has 2 aromatic rings. The maximum atomic E-state index is 12.2. The van der Waals surface area contributed by atoms with Crippen LogP contribution < -0.4 is 5.32 Å². The van der Waals surface area contributed by atoms with E-state index >= 15 is 0 Å². The van der Waals surface area contributed by atoms with Gasteiger partial charge in [-0.05, 0) is 39.0 Å². The van der Waals surface area contributed by atoms with E-state index in [0.717, 1.165) is 5.69 Å². The number of aliphatic carboxylic acids is 1. The van der Waals surface area contributed by atoms with Crippen molar-refractivity contribution in [2.24, 2.45) is 5.41 Å². The van der Waals surface area contributed by atoms with E-state index in [0.29, 0.717) is 10.7 Å². The molecule has 0 saturated heterocycles. The van der Waals surface area contributed by atoms with Gasteiger partial charge < -0.3 is 10.4 Å². The number of nitrogens with one attached hydrogen (secondary N) is 1. The monoisotopic (exact) mass is 335 g/mol. The second-order valence-corrected chi connectivity index (χ2v) is 6.31. The van der Waals surface area contributed by atoms with Gasteiger partial charge in [0.15, 0.2) is 5.69 Å². The standard InChI is InChI=1S/C16H18ClN3O3/c1-10-8-12(14(21)18-9-16(2,3)15(22)23)19-20(10)13-7-5-4-6-11(13)17/h4-8H,9H2,1-3H3,(H,18,21)(H,22,23). The molecular formula is C16H18ClN3O3. The Morgan fingerprint density at radius 1 is 1.35 bits per heavy atom. The summed E-state index contributed by atoms with van der Waals surface area (Å²) in [4.78, 5) is 23.2. The number of amides is 1. The molecule has 0 aliphatic rings. The van der Waals surface area contributed by atoms with Crippen molar-refractivity contribution in [2.75, 3.05) is 6.54 Å². The molecule has 0 spiro atoms. The van der Waals surface area contributed by atoms with Crippen LogP contribution in [0, 0.1) is 12.3 Å². The molecule has 0 aliphatic carbocycles. The number of benzene rings is 1. The van der Waals surface area contributed by atoms with Gasteiger partial charge >= 0.3 is 5.97 Å². The van der Waals surface area contributed by atoms with Crippen LogP contribution in [-0.4, -0.2) is 33.3 Å². The van der Waals surface area contributed by atoms with Crippen molar-refractivity contribution in [2.45, 2.75) is 20.8 Å². The van der Waals surface area contributed by atoms with Gasteiger partial charge in [0.25, 0.3) is 5.91 Å². The molecule has 1 aromatic carbocycles. The Hall–Kier alpha value is -2.34. The Kier molecular flexibility index (Phi) is 4.75. The van der Waals surface area contributed by atoms with Crippen LogP contribution in [0.3, 0.4) is 0 Å². The quantitative estimate of drug-likeness (QED) is 0.879. The number of carbonyl (C=O) groups is 2. The van der Waals surface area contributed by atoms with Gasteiger partial charge in [-0.3, -0.25) is 9.59 Å². The highest BCUT2D eigenvalue weighted by molar-refractivity contribution is 6.32. The lowest BCUT2D eigenvalue weighted by molar-refractivity contribution is -0.146. The van der Waals surface area contributed by atoms with Gasteiger partial charge in [0.1, 0.15) is 0 Å². The second-order valence-electron chi connectivity index (χ2n) is 5.91. The lowest BCUT2D eigenvalue weighted by Crippen LogP contribution is -2.39. The maximum absolute atomic E-state index is 12.2. The van der Waals surface area contributed by atoms with E-state index in [1.807, 2.05) is 19.1 Å². The van der Waals surface area contributed by atoms with Crippen LogP contribution in [0.25, 0.3) is 5.69 Å². The molecule has 0 unspecified atom stereocenters. The van der Waals surface area contributed by atoms with Gasteiger partial charge in [0.2, 0.25) is 0 Å². The molecule has 6 nitrogen and oxygen atoms in total. The molecule has 0 fully saturated rings. The number of hydrogen-bond donors (Lipinski definition) is 2. The van der Waals surface area contributed by atoms with Crippen molar-refractivity contribution in [3.63, 3.8) is 0 Å². The largest absolute Gasteiger partial charge is 0.481 e. The van der Waals surface area contributed by atoms with Crippen molar-refractivity contribution < 1.29 is 14.7 Å². The summed E-state index contributed by atoms with van der Waals surface area (Å²) in [6.45, 7) is 4.92. The molecule has 0 bridgehead atoms. The van der Waals surface area contributed by atoms with Crippen molar-refractivity contribution in [1.82, 2.24) is 15.1 Å². The summed E-state index contributed by atoms with van der Waals surface area (Å²) in [6, 6.07) is 8.82. The molecular weight excluding hydrogens is 318 g/mol. The first kappa shape index (κ1) is 17.0. The van der Waals surface area contributed by atoms with Crippen LogP contribution in [-0.2, 0) is 4.79 Å². The first-order valence-electron chi connectivity index (χ1n) is 7.05. The first-order chi connectivity index (χ1) is 10.7. The Labute approximate surface area is 139 Å². The Bertz CT molecular complexity index is 753. The average molecular weight is 336 g/mol.